The van der Waals surface area contributed by atoms with Gasteiger partial charge in [-0.3, -0.25) is 9.36 Å². The highest BCUT2D eigenvalue weighted by molar-refractivity contribution is 7.45. The first-order valence-electron chi connectivity index (χ1n) is 26.8. The van der Waals surface area contributed by atoms with Gasteiger partial charge in [0, 0.05) is 6.42 Å². The zero-order chi connectivity index (χ0) is 46.4. The van der Waals surface area contributed by atoms with E-state index in [1.54, 1.807) is 0 Å². The zero-order valence-corrected chi connectivity index (χ0v) is 43.2. The summed E-state index contributed by atoms with van der Waals surface area (Å²) in [5.41, 5.74) is 0. The summed E-state index contributed by atoms with van der Waals surface area (Å²) in [7, 11) is 1.31. The van der Waals surface area contributed by atoms with E-state index in [9.17, 15) is 19.4 Å². The van der Waals surface area contributed by atoms with Crippen LogP contribution in [0.15, 0.2) is 36.5 Å². The van der Waals surface area contributed by atoms with Gasteiger partial charge >= 0.3 is 0 Å². The van der Waals surface area contributed by atoms with Gasteiger partial charge in [0.15, 0.2) is 0 Å². The van der Waals surface area contributed by atoms with Gasteiger partial charge in [0.2, 0.25) is 5.91 Å². The molecule has 0 bridgehead atoms. The van der Waals surface area contributed by atoms with Crippen LogP contribution in [0.3, 0.4) is 0 Å². The molecule has 0 heterocycles. The predicted octanol–water partition coefficient (Wildman–Crippen LogP) is 15.2. The number of nitrogens with zero attached hydrogens (tertiary/aromatic N) is 1. The SMILES string of the molecule is CCCCCCC/C=C\C/C=C\C/C=C\CCCCCCCCCCCCCCCCCCC(=O)NC(COP(=O)([O-])OCC[N+](C)(C)C)C(O)CCCCCCCCCCCC. The molecule has 0 saturated heterocycles. The summed E-state index contributed by atoms with van der Waals surface area (Å²) in [6, 6.07) is -0.798. The molecule has 0 saturated carbocycles. The minimum atomic E-state index is -4.56. The van der Waals surface area contributed by atoms with E-state index in [4.69, 9.17) is 9.05 Å². The van der Waals surface area contributed by atoms with E-state index in [1.165, 1.54) is 173 Å². The summed E-state index contributed by atoms with van der Waals surface area (Å²) in [4.78, 5) is 25.4. The molecule has 0 aromatic carbocycles. The van der Waals surface area contributed by atoms with Gasteiger partial charge in [-0.15, -0.1) is 0 Å². The number of nitrogens with one attached hydrogen (secondary N) is 1. The quantitative estimate of drug-likeness (QED) is 0.0272. The lowest BCUT2D eigenvalue weighted by atomic mass is 10.0. The Labute approximate surface area is 391 Å². The molecule has 3 atom stereocenters. The van der Waals surface area contributed by atoms with Crippen molar-refractivity contribution >= 4 is 13.7 Å². The molecule has 0 aliphatic carbocycles. The third kappa shape index (κ3) is 48.5. The van der Waals surface area contributed by atoms with Crippen LogP contribution in [0.1, 0.15) is 251 Å². The largest absolute Gasteiger partial charge is 0.756 e. The number of aliphatic hydroxyl groups excluding tert-OH is 1. The molecule has 63 heavy (non-hydrogen) atoms. The number of hydrogen-bond donors (Lipinski definition) is 2. The van der Waals surface area contributed by atoms with Crippen molar-refractivity contribution in [1.29, 1.82) is 0 Å². The summed E-state index contributed by atoms with van der Waals surface area (Å²) in [5.74, 6) is -0.165. The standard InChI is InChI=1S/C54H105N2O6P/c1-6-8-10-12-14-16-18-19-20-21-22-23-24-25-26-27-28-29-30-31-32-33-34-35-36-37-38-40-42-44-46-48-54(58)55-52(51-62-63(59,60)61-50-49-56(3,4)5)53(57)47-45-43-41-39-17-15-13-11-9-7-2/h18-19,21-22,24-25,52-53,57H,6-17,20,23,26-51H2,1-5H3,(H-,55,58,59,60)/b19-18-,22-21-,25-24-. The maximum atomic E-state index is 12.9. The molecule has 0 spiro atoms. The monoisotopic (exact) mass is 909 g/mol. The summed E-state index contributed by atoms with van der Waals surface area (Å²) < 4.78 is 23.3. The number of aliphatic hydroxyl groups is 1. The summed E-state index contributed by atoms with van der Waals surface area (Å²) in [6.45, 7) is 4.70. The number of quaternary nitrogens is 1. The van der Waals surface area contributed by atoms with Gasteiger partial charge in [0.05, 0.1) is 39.9 Å². The van der Waals surface area contributed by atoms with Crippen molar-refractivity contribution in [3.05, 3.63) is 36.5 Å². The van der Waals surface area contributed by atoms with Crippen molar-refractivity contribution in [3.8, 4) is 0 Å². The lowest BCUT2D eigenvalue weighted by Crippen LogP contribution is -2.46. The van der Waals surface area contributed by atoms with Gasteiger partial charge in [0.25, 0.3) is 7.82 Å². The number of phosphoric ester groups is 1. The Morgan fingerprint density at radius 2 is 0.921 bits per heavy atom. The first-order valence-corrected chi connectivity index (χ1v) is 28.3. The molecule has 0 aliphatic heterocycles. The third-order valence-corrected chi connectivity index (χ3v) is 13.1. The minimum absolute atomic E-state index is 0.0127. The normalized spacial score (nSPS) is 14.3. The van der Waals surface area contributed by atoms with Crippen LogP contribution >= 0.6 is 7.82 Å². The van der Waals surface area contributed by atoms with Crippen molar-refractivity contribution in [3.63, 3.8) is 0 Å². The van der Waals surface area contributed by atoms with E-state index in [1.807, 2.05) is 21.1 Å². The highest BCUT2D eigenvalue weighted by atomic mass is 31.2. The molecule has 3 unspecified atom stereocenters. The second kappa shape index (κ2) is 45.9. The fourth-order valence-electron chi connectivity index (χ4n) is 7.87. The fourth-order valence-corrected chi connectivity index (χ4v) is 8.59. The van der Waals surface area contributed by atoms with Crippen LogP contribution in [0.5, 0.6) is 0 Å². The Kier molecular flexibility index (Phi) is 44.9. The number of rotatable bonds is 49. The van der Waals surface area contributed by atoms with Gasteiger partial charge in [-0.1, -0.05) is 230 Å². The molecule has 2 N–H and O–H groups in total. The molecule has 372 valence electrons. The summed E-state index contributed by atoms with van der Waals surface area (Å²) >= 11 is 0. The van der Waals surface area contributed by atoms with Crippen LogP contribution in [0, 0.1) is 0 Å². The molecule has 1 amide bonds. The molecule has 8 nitrogen and oxygen atoms in total. The Bertz CT molecular complexity index is 1120. The predicted molar refractivity (Wildman–Crippen MR) is 270 cm³/mol. The average molecular weight is 909 g/mol. The van der Waals surface area contributed by atoms with Gasteiger partial charge in [-0.25, -0.2) is 0 Å². The van der Waals surface area contributed by atoms with Crippen molar-refractivity contribution in [1.82, 2.24) is 5.32 Å². The minimum Gasteiger partial charge on any atom is -0.756 e. The van der Waals surface area contributed by atoms with Crippen LogP contribution < -0.4 is 10.2 Å². The second-order valence-electron chi connectivity index (χ2n) is 19.6. The molecule has 9 heteroatoms. The molecule has 0 aromatic rings. The zero-order valence-electron chi connectivity index (χ0n) is 42.3. The van der Waals surface area contributed by atoms with E-state index in [2.05, 4.69) is 55.6 Å². The molecule has 0 rings (SSSR count). The lowest BCUT2D eigenvalue weighted by Gasteiger charge is -2.30. The van der Waals surface area contributed by atoms with Crippen LogP contribution in [0.4, 0.5) is 0 Å². The number of phosphoric acid groups is 1. The smallest absolute Gasteiger partial charge is 0.268 e. The van der Waals surface area contributed by atoms with Crippen molar-refractivity contribution < 1.29 is 32.9 Å². The van der Waals surface area contributed by atoms with Crippen LogP contribution in [-0.2, 0) is 18.4 Å². The van der Waals surface area contributed by atoms with Gasteiger partial charge in [0.1, 0.15) is 13.2 Å². The first-order chi connectivity index (χ1) is 30.5. The van der Waals surface area contributed by atoms with E-state index in [-0.39, 0.29) is 19.1 Å². The Morgan fingerprint density at radius 1 is 0.556 bits per heavy atom. The summed E-state index contributed by atoms with van der Waals surface area (Å²) in [5, 5.41) is 13.9. The van der Waals surface area contributed by atoms with Crippen molar-refractivity contribution in [2.45, 2.75) is 264 Å². The maximum absolute atomic E-state index is 12.9. The average Bonchev–Trinajstić information content (AvgIpc) is 3.24. The third-order valence-electron chi connectivity index (χ3n) is 12.1. The van der Waals surface area contributed by atoms with Gasteiger partial charge in [-0.05, 0) is 51.4 Å². The lowest BCUT2D eigenvalue weighted by molar-refractivity contribution is -0.870. The number of likely N-dealkylation sites (N-methyl/N-ethyl adjacent to an activating group) is 1. The topological polar surface area (TPSA) is 108 Å². The first kappa shape index (κ1) is 61.7. The van der Waals surface area contributed by atoms with Gasteiger partial charge < -0.3 is 28.8 Å². The number of unbranched alkanes of at least 4 members (excludes halogenated alkanes) is 30. The molecule has 0 aromatic heterocycles. The highest BCUT2D eigenvalue weighted by Gasteiger charge is 2.24. The Balaban J connectivity index is 3.99. The molecule has 0 radical (unpaired) electrons. The van der Waals surface area contributed by atoms with Crippen LogP contribution in [-0.4, -0.2) is 68.5 Å². The van der Waals surface area contributed by atoms with Crippen molar-refractivity contribution in [2.24, 2.45) is 0 Å². The Hall–Kier alpha value is -1.28. The Morgan fingerprint density at radius 3 is 1.33 bits per heavy atom. The number of amides is 1. The van der Waals surface area contributed by atoms with E-state index in [0.29, 0.717) is 23.9 Å². The molecular formula is C54H105N2O6P. The molecular weight excluding hydrogens is 804 g/mol. The number of carbonyl (C=O) groups is 1. The second-order valence-corrected chi connectivity index (χ2v) is 21.0. The highest BCUT2D eigenvalue weighted by Crippen LogP contribution is 2.38. The maximum Gasteiger partial charge on any atom is 0.268 e. The van der Waals surface area contributed by atoms with Crippen molar-refractivity contribution in [2.75, 3.05) is 40.9 Å². The number of carbonyl (C=O) groups excluding carboxylic acids is 1. The van der Waals surface area contributed by atoms with E-state index >= 15 is 0 Å². The van der Waals surface area contributed by atoms with E-state index in [0.717, 1.165) is 51.4 Å². The molecule has 0 fully saturated rings. The molecule has 0 aliphatic rings. The van der Waals surface area contributed by atoms with Crippen LogP contribution in [0.2, 0.25) is 0 Å². The fraction of sp³-hybridized carbons (Fsp3) is 0.870. The summed E-state index contributed by atoms with van der Waals surface area (Å²) in [6.07, 6.45) is 57.5. The number of hydrogen-bond acceptors (Lipinski definition) is 6. The van der Waals surface area contributed by atoms with Gasteiger partial charge in [-0.2, -0.15) is 0 Å². The van der Waals surface area contributed by atoms with Crippen LogP contribution in [0.25, 0.3) is 0 Å². The number of allylic oxidation sites excluding steroid dienone is 6. The van der Waals surface area contributed by atoms with E-state index < -0.39 is 20.0 Å².